The average Bonchev–Trinajstić information content (AvgIpc) is 2.72. The summed E-state index contributed by atoms with van der Waals surface area (Å²) < 4.78 is 0. The Bertz CT molecular complexity index is 454. The number of aliphatic hydroxyl groups is 1. The summed E-state index contributed by atoms with van der Waals surface area (Å²) in [6, 6.07) is 0. The molecule has 0 aliphatic rings. The third-order valence-electron chi connectivity index (χ3n) is 2.71. The molecule has 0 unspecified atom stereocenters. The smallest absolute Gasteiger partial charge is 0.265 e. The summed E-state index contributed by atoms with van der Waals surface area (Å²) in [4.78, 5) is 16.7. The van der Waals surface area contributed by atoms with Crippen molar-refractivity contribution in [3.05, 3.63) is 4.88 Å². The molecule has 0 spiro atoms. The summed E-state index contributed by atoms with van der Waals surface area (Å²) >= 11 is 1.27. The van der Waals surface area contributed by atoms with E-state index in [2.05, 4.69) is 15.6 Å². The quantitative estimate of drug-likeness (QED) is 0.551. The molecule has 1 heterocycles. The monoisotopic (exact) mass is 314 g/mol. The minimum atomic E-state index is -0.172. The number of aliphatic hydroxyl groups excluding tert-OH is 1. The summed E-state index contributed by atoms with van der Waals surface area (Å²) in [5, 5.41) is 15.4. The van der Waals surface area contributed by atoms with Gasteiger partial charge < -0.3 is 21.5 Å². The fraction of sp³-hybridized carbons (Fsp3) is 0.714. The van der Waals surface area contributed by atoms with Crippen LogP contribution in [0, 0.1) is 0 Å². The Morgan fingerprint density at radius 2 is 1.95 bits per heavy atom. The third kappa shape index (κ3) is 6.77. The second-order valence-electron chi connectivity index (χ2n) is 6.00. The van der Waals surface area contributed by atoms with Crippen molar-refractivity contribution in [1.29, 1.82) is 0 Å². The van der Waals surface area contributed by atoms with Gasteiger partial charge in [-0.05, 0) is 33.6 Å². The van der Waals surface area contributed by atoms with Gasteiger partial charge in [0.1, 0.15) is 10.7 Å². The highest BCUT2D eigenvalue weighted by Gasteiger charge is 2.18. The van der Waals surface area contributed by atoms with Gasteiger partial charge >= 0.3 is 0 Å². The molecule has 1 aromatic rings. The molecule has 0 saturated carbocycles. The van der Waals surface area contributed by atoms with E-state index in [1.54, 1.807) is 0 Å². The standard InChI is InChI=1S/C14H26N4O2S/c1-14(2,3)18-13-17-11(15)10(21-13)12(20)16-8-6-4-5-7-9-19/h19H,4-9,15H2,1-3H3,(H,16,20)(H,17,18). The molecular formula is C14H26N4O2S. The highest BCUT2D eigenvalue weighted by atomic mass is 32.1. The van der Waals surface area contributed by atoms with Gasteiger partial charge in [-0.25, -0.2) is 4.98 Å². The maximum absolute atomic E-state index is 12.0. The van der Waals surface area contributed by atoms with Crippen molar-refractivity contribution in [2.45, 2.75) is 52.0 Å². The van der Waals surface area contributed by atoms with E-state index in [-0.39, 0.29) is 23.9 Å². The zero-order valence-corrected chi connectivity index (χ0v) is 13.8. The molecule has 7 heteroatoms. The number of nitrogens with one attached hydrogen (secondary N) is 2. The first-order valence-electron chi connectivity index (χ1n) is 7.27. The summed E-state index contributed by atoms with van der Waals surface area (Å²) in [5.74, 6) is 0.0960. The number of unbranched alkanes of at least 4 members (excludes halogenated alkanes) is 3. The van der Waals surface area contributed by atoms with Gasteiger partial charge in [-0.1, -0.05) is 24.2 Å². The number of thiazole rings is 1. The molecule has 1 aromatic heterocycles. The molecule has 1 amide bonds. The fourth-order valence-corrected chi connectivity index (χ4v) is 2.75. The number of carbonyl (C=O) groups is 1. The molecule has 5 N–H and O–H groups in total. The first-order chi connectivity index (χ1) is 9.83. The van der Waals surface area contributed by atoms with Crippen molar-refractivity contribution in [3.63, 3.8) is 0 Å². The summed E-state index contributed by atoms with van der Waals surface area (Å²) in [6.45, 7) is 6.92. The van der Waals surface area contributed by atoms with E-state index >= 15 is 0 Å². The minimum absolute atomic E-state index is 0.120. The number of anilines is 2. The molecule has 0 bridgehead atoms. The molecule has 120 valence electrons. The second-order valence-corrected chi connectivity index (χ2v) is 7.00. The van der Waals surface area contributed by atoms with E-state index in [1.165, 1.54) is 11.3 Å². The molecule has 0 aliphatic heterocycles. The van der Waals surface area contributed by atoms with Crippen LogP contribution in [0.4, 0.5) is 10.9 Å². The SMILES string of the molecule is CC(C)(C)Nc1nc(N)c(C(=O)NCCCCCCO)s1. The summed E-state index contributed by atoms with van der Waals surface area (Å²) in [7, 11) is 0. The van der Waals surface area contributed by atoms with Crippen LogP contribution in [0.1, 0.15) is 56.1 Å². The number of amides is 1. The minimum Gasteiger partial charge on any atom is -0.396 e. The molecule has 0 fully saturated rings. The number of carbonyl (C=O) groups excluding carboxylic acids is 1. The van der Waals surface area contributed by atoms with Crippen molar-refractivity contribution in [2.24, 2.45) is 0 Å². The summed E-state index contributed by atoms with van der Waals surface area (Å²) in [5.41, 5.74) is 5.68. The zero-order chi connectivity index (χ0) is 15.9. The van der Waals surface area contributed by atoms with Crippen LogP contribution in [-0.4, -0.2) is 34.7 Å². The predicted molar refractivity (Wildman–Crippen MR) is 87.8 cm³/mol. The number of hydrogen-bond donors (Lipinski definition) is 4. The van der Waals surface area contributed by atoms with Gasteiger partial charge in [-0.2, -0.15) is 0 Å². The van der Waals surface area contributed by atoms with Gasteiger partial charge in [0.25, 0.3) is 5.91 Å². The number of rotatable bonds is 8. The van der Waals surface area contributed by atoms with Crippen LogP contribution in [0.3, 0.4) is 0 Å². The van der Waals surface area contributed by atoms with E-state index in [4.69, 9.17) is 10.8 Å². The second kappa shape index (κ2) is 8.19. The normalized spacial score (nSPS) is 11.4. The lowest BCUT2D eigenvalue weighted by atomic mass is 10.1. The highest BCUT2D eigenvalue weighted by Crippen LogP contribution is 2.27. The van der Waals surface area contributed by atoms with E-state index in [9.17, 15) is 4.79 Å². The number of nitrogens with two attached hydrogens (primary N) is 1. The van der Waals surface area contributed by atoms with Gasteiger partial charge in [-0.3, -0.25) is 4.79 Å². The molecule has 0 atom stereocenters. The fourth-order valence-electron chi connectivity index (χ4n) is 1.74. The topological polar surface area (TPSA) is 100 Å². The Balaban J connectivity index is 2.43. The first kappa shape index (κ1) is 17.7. The van der Waals surface area contributed by atoms with E-state index in [1.807, 2.05) is 20.8 Å². The van der Waals surface area contributed by atoms with Crippen molar-refractivity contribution < 1.29 is 9.90 Å². The van der Waals surface area contributed by atoms with Crippen LogP contribution >= 0.6 is 11.3 Å². The Labute approximate surface area is 130 Å². The van der Waals surface area contributed by atoms with Crippen molar-refractivity contribution in [3.8, 4) is 0 Å². The highest BCUT2D eigenvalue weighted by molar-refractivity contribution is 7.18. The maximum Gasteiger partial charge on any atom is 0.265 e. The Hall–Kier alpha value is -1.34. The molecular weight excluding hydrogens is 288 g/mol. The van der Waals surface area contributed by atoms with Crippen LogP contribution in [0.15, 0.2) is 0 Å². The molecule has 0 saturated heterocycles. The Kier molecular flexibility index (Phi) is 6.91. The van der Waals surface area contributed by atoms with Crippen molar-refractivity contribution in [1.82, 2.24) is 10.3 Å². The van der Waals surface area contributed by atoms with Crippen LogP contribution in [0.5, 0.6) is 0 Å². The lowest BCUT2D eigenvalue weighted by Crippen LogP contribution is -2.25. The maximum atomic E-state index is 12.0. The van der Waals surface area contributed by atoms with Crippen molar-refractivity contribution >= 4 is 28.2 Å². The van der Waals surface area contributed by atoms with Gasteiger partial charge in [0.15, 0.2) is 5.13 Å². The molecule has 0 aromatic carbocycles. The van der Waals surface area contributed by atoms with Crippen LogP contribution in [0.25, 0.3) is 0 Å². The van der Waals surface area contributed by atoms with Crippen LogP contribution in [-0.2, 0) is 0 Å². The van der Waals surface area contributed by atoms with E-state index in [0.29, 0.717) is 16.6 Å². The lowest BCUT2D eigenvalue weighted by Gasteiger charge is -2.19. The predicted octanol–water partition coefficient (Wildman–Crippen LogP) is 2.22. The Morgan fingerprint density at radius 3 is 2.57 bits per heavy atom. The number of nitrogens with zero attached hydrogens (tertiary/aromatic N) is 1. The zero-order valence-electron chi connectivity index (χ0n) is 13.0. The van der Waals surface area contributed by atoms with Crippen molar-refractivity contribution in [2.75, 3.05) is 24.2 Å². The van der Waals surface area contributed by atoms with E-state index in [0.717, 1.165) is 25.7 Å². The molecule has 1 rings (SSSR count). The van der Waals surface area contributed by atoms with Gasteiger partial charge in [0, 0.05) is 18.7 Å². The van der Waals surface area contributed by atoms with Gasteiger partial charge in [0.2, 0.25) is 0 Å². The Morgan fingerprint density at radius 1 is 1.29 bits per heavy atom. The average molecular weight is 314 g/mol. The first-order valence-corrected chi connectivity index (χ1v) is 8.08. The third-order valence-corrected chi connectivity index (χ3v) is 3.70. The number of nitrogen functional groups attached to an aromatic ring is 1. The molecule has 6 nitrogen and oxygen atoms in total. The summed E-state index contributed by atoms with van der Waals surface area (Å²) in [6.07, 6.45) is 3.69. The lowest BCUT2D eigenvalue weighted by molar-refractivity contribution is 0.0957. The van der Waals surface area contributed by atoms with E-state index < -0.39 is 0 Å². The molecule has 0 radical (unpaired) electrons. The number of hydrogen-bond acceptors (Lipinski definition) is 6. The van der Waals surface area contributed by atoms with Crippen LogP contribution < -0.4 is 16.4 Å². The van der Waals surface area contributed by atoms with Gasteiger partial charge in [-0.15, -0.1) is 0 Å². The van der Waals surface area contributed by atoms with Gasteiger partial charge in [0.05, 0.1) is 0 Å². The van der Waals surface area contributed by atoms with Crippen LogP contribution in [0.2, 0.25) is 0 Å². The largest absolute Gasteiger partial charge is 0.396 e. The molecule has 0 aliphatic carbocycles. The molecule has 21 heavy (non-hydrogen) atoms. The number of aromatic nitrogens is 1.